The standard InChI is InChI=1S/C20H20FN5O/c21-18-9-17(11-23-12-18)20(27)26-7-2-4-16(14-26)19-24-6-8-25(19)13-15-3-1-5-22-10-15/h1,3,5-6,8-12,16H,2,4,7,13-14H2/t16-/m1/s1. The molecule has 7 heteroatoms. The topological polar surface area (TPSA) is 63.9 Å². The van der Waals surface area contributed by atoms with Gasteiger partial charge < -0.3 is 9.47 Å². The van der Waals surface area contributed by atoms with Gasteiger partial charge in [-0.15, -0.1) is 0 Å². The number of amides is 1. The normalized spacial score (nSPS) is 17.1. The number of likely N-dealkylation sites (tertiary alicyclic amines) is 1. The van der Waals surface area contributed by atoms with Crippen LogP contribution in [0.15, 0.2) is 55.4 Å². The molecule has 0 aliphatic carbocycles. The first-order valence-corrected chi connectivity index (χ1v) is 9.00. The maximum Gasteiger partial charge on any atom is 0.255 e. The summed E-state index contributed by atoms with van der Waals surface area (Å²) >= 11 is 0. The van der Waals surface area contributed by atoms with Crippen molar-refractivity contribution in [1.29, 1.82) is 0 Å². The highest BCUT2D eigenvalue weighted by atomic mass is 19.1. The Labute approximate surface area is 156 Å². The molecule has 1 atom stereocenters. The van der Waals surface area contributed by atoms with Crippen LogP contribution in [-0.4, -0.2) is 43.4 Å². The van der Waals surface area contributed by atoms with E-state index in [1.807, 2.05) is 24.5 Å². The summed E-state index contributed by atoms with van der Waals surface area (Å²) in [6.45, 7) is 1.93. The fourth-order valence-electron chi connectivity index (χ4n) is 3.59. The molecule has 1 saturated heterocycles. The van der Waals surface area contributed by atoms with Gasteiger partial charge in [-0.05, 0) is 30.5 Å². The summed E-state index contributed by atoms with van der Waals surface area (Å²) in [6, 6.07) is 5.19. The Morgan fingerprint density at radius 2 is 2.15 bits per heavy atom. The average Bonchev–Trinajstić information content (AvgIpc) is 3.16. The third kappa shape index (κ3) is 3.86. The molecular formula is C20H20FN5O. The Morgan fingerprint density at radius 1 is 1.22 bits per heavy atom. The fraction of sp³-hybridized carbons (Fsp3) is 0.300. The summed E-state index contributed by atoms with van der Waals surface area (Å²) in [6.07, 6.45) is 11.7. The quantitative estimate of drug-likeness (QED) is 0.713. The first kappa shape index (κ1) is 17.3. The molecule has 0 saturated carbocycles. The molecule has 0 radical (unpaired) electrons. The van der Waals surface area contributed by atoms with Crippen molar-refractivity contribution in [1.82, 2.24) is 24.4 Å². The molecule has 0 aromatic carbocycles. The number of hydrogen-bond donors (Lipinski definition) is 0. The predicted molar refractivity (Wildman–Crippen MR) is 97.6 cm³/mol. The van der Waals surface area contributed by atoms with Crippen molar-refractivity contribution < 1.29 is 9.18 Å². The van der Waals surface area contributed by atoms with E-state index in [1.54, 1.807) is 17.3 Å². The van der Waals surface area contributed by atoms with Crippen molar-refractivity contribution in [2.24, 2.45) is 0 Å². The van der Waals surface area contributed by atoms with E-state index in [0.717, 1.165) is 30.4 Å². The molecule has 138 valence electrons. The van der Waals surface area contributed by atoms with E-state index in [1.165, 1.54) is 12.3 Å². The molecular weight excluding hydrogens is 345 g/mol. The second kappa shape index (κ2) is 7.65. The van der Waals surface area contributed by atoms with Gasteiger partial charge >= 0.3 is 0 Å². The van der Waals surface area contributed by atoms with Crippen LogP contribution in [-0.2, 0) is 6.54 Å². The summed E-state index contributed by atoms with van der Waals surface area (Å²) in [5.41, 5.74) is 1.39. The van der Waals surface area contributed by atoms with E-state index >= 15 is 0 Å². The molecule has 1 amide bonds. The molecule has 0 unspecified atom stereocenters. The molecule has 3 aromatic heterocycles. The van der Waals surface area contributed by atoms with Crippen molar-refractivity contribution in [3.63, 3.8) is 0 Å². The van der Waals surface area contributed by atoms with Gasteiger partial charge in [-0.25, -0.2) is 9.37 Å². The van der Waals surface area contributed by atoms with E-state index in [9.17, 15) is 9.18 Å². The maximum absolute atomic E-state index is 13.4. The number of pyridine rings is 2. The summed E-state index contributed by atoms with van der Waals surface area (Å²) in [7, 11) is 0. The molecule has 27 heavy (non-hydrogen) atoms. The third-order valence-electron chi connectivity index (χ3n) is 4.85. The van der Waals surface area contributed by atoms with Gasteiger partial charge in [-0.1, -0.05) is 6.07 Å². The number of rotatable bonds is 4. The summed E-state index contributed by atoms with van der Waals surface area (Å²) < 4.78 is 15.5. The largest absolute Gasteiger partial charge is 0.338 e. The van der Waals surface area contributed by atoms with Crippen LogP contribution >= 0.6 is 0 Å². The van der Waals surface area contributed by atoms with Crippen molar-refractivity contribution in [2.75, 3.05) is 13.1 Å². The second-order valence-electron chi connectivity index (χ2n) is 6.76. The average molecular weight is 365 g/mol. The van der Waals surface area contributed by atoms with Crippen molar-refractivity contribution >= 4 is 5.91 Å². The van der Waals surface area contributed by atoms with Crippen LogP contribution in [0.1, 0.15) is 40.5 Å². The highest BCUT2D eigenvalue weighted by molar-refractivity contribution is 5.94. The highest BCUT2D eigenvalue weighted by Crippen LogP contribution is 2.27. The van der Waals surface area contributed by atoms with Crippen LogP contribution in [0.4, 0.5) is 4.39 Å². The number of hydrogen-bond acceptors (Lipinski definition) is 4. The Bertz CT molecular complexity index is 927. The predicted octanol–water partition coefficient (Wildman–Crippen LogP) is 2.88. The van der Waals surface area contributed by atoms with Gasteiger partial charge in [0.15, 0.2) is 0 Å². The zero-order valence-electron chi connectivity index (χ0n) is 14.8. The summed E-state index contributed by atoms with van der Waals surface area (Å²) in [4.78, 5) is 27.0. The van der Waals surface area contributed by atoms with E-state index < -0.39 is 5.82 Å². The monoisotopic (exact) mass is 365 g/mol. The van der Waals surface area contributed by atoms with Crippen molar-refractivity contribution in [2.45, 2.75) is 25.3 Å². The molecule has 4 heterocycles. The third-order valence-corrected chi connectivity index (χ3v) is 4.85. The van der Waals surface area contributed by atoms with E-state index in [2.05, 4.69) is 19.5 Å². The first-order chi connectivity index (χ1) is 13.2. The summed E-state index contributed by atoms with van der Waals surface area (Å²) in [5, 5.41) is 0. The number of halogens is 1. The van der Waals surface area contributed by atoms with E-state index in [-0.39, 0.29) is 17.4 Å². The minimum atomic E-state index is -0.499. The number of piperidine rings is 1. The molecule has 3 aromatic rings. The lowest BCUT2D eigenvalue weighted by molar-refractivity contribution is 0.0702. The second-order valence-corrected chi connectivity index (χ2v) is 6.76. The van der Waals surface area contributed by atoms with Crippen LogP contribution < -0.4 is 0 Å². The summed E-state index contributed by atoms with van der Waals surface area (Å²) in [5.74, 6) is 0.433. The maximum atomic E-state index is 13.4. The van der Waals surface area contributed by atoms with Crippen LogP contribution in [0.25, 0.3) is 0 Å². The van der Waals surface area contributed by atoms with Gasteiger partial charge in [0.1, 0.15) is 11.6 Å². The Balaban J connectivity index is 1.51. The van der Waals surface area contributed by atoms with E-state index in [0.29, 0.717) is 19.6 Å². The molecule has 0 N–H and O–H groups in total. The number of aromatic nitrogens is 4. The fourth-order valence-corrected chi connectivity index (χ4v) is 3.59. The van der Waals surface area contributed by atoms with Crippen LogP contribution in [0.5, 0.6) is 0 Å². The lowest BCUT2D eigenvalue weighted by Crippen LogP contribution is -2.39. The molecule has 1 fully saturated rings. The Hall–Kier alpha value is -3.09. The minimum absolute atomic E-state index is 0.149. The van der Waals surface area contributed by atoms with Crippen molar-refractivity contribution in [3.05, 3.63) is 78.1 Å². The lowest BCUT2D eigenvalue weighted by Gasteiger charge is -2.32. The molecule has 0 bridgehead atoms. The molecule has 6 nitrogen and oxygen atoms in total. The van der Waals surface area contributed by atoms with Gasteiger partial charge in [-0.3, -0.25) is 14.8 Å². The van der Waals surface area contributed by atoms with Gasteiger partial charge in [0, 0.05) is 50.0 Å². The highest BCUT2D eigenvalue weighted by Gasteiger charge is 2.28. The molecule has 1 aliphatic heterocycles. The van der Waals surface area contributed by atoms with Crippen LogP contribution in [0.3, 0.4) is 0 Å². The van der Waals surface area contributed by atoms with E-state index in [4.69, 9.17) is 0 Å². The Morgan fingerprint density at radius 3 is 2.96 bits per heavy atom. The Kier molecular flexibility index (Phi) is 4.91. The molecule has 4 rings (SSSR count). The van der Waals surface area contributed by atoms with Crippen molar-refractivity contribution in [3.8, 4) is 0 Å². The number of nitrogens with zero attached hydrogens (tertiary/aromatic N) is 5. The minimum Gasteiger partial charge on any atom is -0.338 e. The van der Waals surface area contributed by atoms with Gasteiger partial charge in [-0.2, -0.15) is 0 Å². The zero-order valence-corrected chi connectivity index (χ0v) is 14.8. The molecule has 0 spiro atoms. The first-order valence-electron chi connectivity index (χ1n) is 9.00. The zero-order chi connectivity index (χ0) is 18.6. The SMILES string of the molecule is O=C(c1cncc(F)c1)N1CCC[C@@H](c2nccn2Cc2cccnc2)C1. The smallest absolute Gasteiger partial charge is 0.255 e. The number of carbonyl (C=O) groups excluding carboxylic acids is 1. The number of carbonyl (C=O) groups is 1. The van der Waals surface area contributed by atoms with Gasteiger partial charge in [0.05, 0.1) is 18.3 Å². The lowest BCUT2D eigenvalue weighted by atomic mass is 9.96. The van der Waals surface area contributed by atoms with Crippen LogP contribution in [0, 0.1) is 5.82 Å². The molecule has 1 aliphatic rings. The number of imidazole rings is 1. The van der Waals surface area contributed by atoms with Gasteiger partial charge in [0.25, 0.3) is 5.91 Å². The van der Waals surface area contributed by atoms with Crippen LogP contribution in [0.2, 0.25) is 0 Å². The van der Waals surface area contributed by atoms with Gasteiger partial charge in [0.2, 0.25) is 0 Å².